The van der Waals surface area contributed by atoms with Crippen LogP contribution in [0.3, 0.4) is 0 Å². The summed E-state index contributed by atoms with van der Waals surface area (Å²) in [6.45, 7) is 16.0. The Morgan fingerprint density at radius 2 is 1.56 bits per heavy atom. The molecule has 1 saturated heterocycles. The molecule has 2 aliphatic rings. The molecule has 0 radical (unpaired) electrons. The number of rotatable bonds is 1. The van der Waals surface area contributed by atoms with E-state index in [4.69, 9.17) is 0 Å². The molecule has 3 rings (SSSR count). The maximum atomic E-state index is 2.57. The second kappa shape index (κ2) is 11.6. The molecule has 0 amide bonds. The molecule has 0 aliphatic carbocycles. The molecular formula is C22H39HgN2. The molecule has 0 atom stereocenters. The number of likely N-dealkylation sites (N-methyl/N-ethyl adjacent to an activating group) is 1. The van der Waals surface area contributed by atoms with E-state index in [0.29, 0.717) is 5.41 Å². The predicted molar refractivity (Wildman–Crippen MR) is 109 cm³/mol. The van der Waals surface area contributed by atoms with Crippen molar-refractivity contribution in [2.45, 2.75) is 72.1 Å². The average Bonchev–Trinajstić information content (AvgIpc) is 2.78. The fourth-order valence-electron chi connectivity index (χ4n) is 3.86. The molecule has 139 valence electrons. The predicted octanol–water partition coefficient (Wildman–Crippen LogP) is 4.88. The van der Waals surface area contributed by atoms with Crippen molar-refractivity contribution in [2.75, 3.05) is 38.1 Å². The first-order valence-electron chi connectivity index (χ1n) is 10.3. The first-order chi connectivity index (χ1) is 11.9. The zero-order chi connectivity index (χ0) is 18.9. The van der Waals surface area contributed by atoms with Crippen molar-refractivity contribution in [1.82, 2.24) is 4.90 Å². The third kappa shape index (κ3) is 7.21. The molecule has 1 fully saturated rings. The van der Waals surface area contributed by atoms with Gasteiger partial charge in [-0.3, -0.25) is 0 Å². The van der Waals surface area contributed by atoms with E-state index in [0.717, 1.165) is 32.7 Å². The molecule has 3 heteroatoms. The van der Waals surface area contributed by atoms with Gasteiger partial charge in [0.1, 0.15) is 0 Å². The third-order valence-corrected chi connectivity index (χ3v) is 6.94. The first kappa shape index (κ1) is 23.0. The summed E-state index contributed by atoms with van der Waals surface area (Å²) in [5.41, 5.74) is 3.31. The Morgan fingerprint density at radius 3 is 2.12 bits per heavy atom. The number of fused-ring (bicyclic) bond motifs is 1. The molecule has 0 unspecified atom stereocenters. The van der Waals surface area contributed by atoms with Crippen LogP contribution < -0.4 is 7.97 Å². The molecule has 0 saturated carbocycles. The van der Waals surface area contributed by atoms with Gasteiger partial charge in [0.05, 0.1) is 0 Å². The molecule has 0 aromatic heterocycles. The summed E-state index contributed by atoms with van der Waals surface area (Å²) in [5, 5.41) is 0. The van der Waals surface area contributed by atoms with Gasteiger partial charge in [0.15, 0.2) is 0 Å². The zero-order valence-corrected chi connectivity index (χ0v) is 23.2. The minimum absolute atomic E-state index is 0.339. The Labute approximate surface area is 173 Å². The van der Waals surface area contributed by atoms with Crippen LogP contribution in [0.1, 0.15) is 72.3 Å². The normalized spacial score (nSPS) is 19.6. The van der Waals surface area contributed by atoms with Crippen LogP contribution in [0.2, 0.25) is 0 Å². The molecule has 2 nitrogen and oxygen atoms in total. The summed E-state index contributed by atoms with van der Waals surface area (Å²) in [6, 6.07) is 6.98. The summed E-state index contributed by atoms with van der Waals surface area (Å²) in [4.78, 5) is 4.95. The summed E-state index contributed by atoms with van der Waals surface area (Å²) >= 11 is 0.751. The van der Waals surface area contributed by atoms with Crippen LogP contribution >= 0.6 is 0 Å². The van der Waals surface area contributed by atoms with Gasteiger partial charge in [0, 0.05) is 0 Å². The van der Waals surface area contributed by atoms with Gasteiger partial charge in [-0.15, -0.1) is 0 Å². The van der Waals surface area contributed by atoms with Crippen LogP contribution in [-0.2, 0) is 31.5 Å². The van der Waals surface area contributed by atoms with Crippen molar-refractivity contribution >= 4 is 8.76 Å². The Kier molecular flexibility index (Phi) is 10.6. The number of anilines is 1. The van der Waals surface area contributed by atoms with E-state index < -0.39 is 0 Å². The second-order valence-electron chi connectivity index (χ2n) is 7.79. The molecule has 0 bridgehead atoms. The number of likely N-dealkylation sites (tertiary alicyclic amines) is 1. The Hall–Kier alpha value is -0.0849. The Balaban J connectivity index is 0.000000235. The van der Waals surface area contributed by atoms with Gasteiger partial charge in [-0.25, -0.2) is 0 Å². The van der Waals surface area contributed by atoms with E-state index in [9.17, 15) is 0 Å². The van der Waals surface area contributed by atoms with Crippen molar-refractivity contribution in [3.8, 4) is 0 Å². The van der Waals surface area contributed by atoms with Gasteiger partial charge in [-0.05, 0) is 32.5 Å². The van der Waals surface area contributed by atoms with E-state index in [2.05, 4.69) is 55.8 Å². The van der Waals surface area contributed by atoms with Crippen LogP contribution in [0.15, 0.2) is 18.2 Å². The van der Waals surface area contributed by atoms with Crippen LogP contribution in [0, 0.1) is 0 Å². The van der Waals surface area contributed by atoms with Crippen LogP contribution in [0.5, 0.6) is 0 Å². The van der Waals surface area contributed by atoms with Crippen molar-refractivity contribution in [3.05, 3.63) is 23.8 Å². The van der Waals surface area contributed by atoms with E-state index in [1.165, 1.54) is 63.0 Å². The number of hydrogen-bond donors (Lipinski definition) is 0. The van der Waals surface area contributed by atoms with Gasteiger partial charge in [-0.2, -0.15) is 0 Å². The van der Waals surface area contributed by atoms with Crippen molar-refractivity contribution in [2.24, 2.45) is 0 Å². The number of nitrogens with zero attached hydrogens (tertiary/aromatic N) is 2. The standard InChI is InChI=1S/C11H14N.C9H19N.C2H6.Hg/c1-11(2)8-12(3)10-7-5-4-6-9(10)11;1-2-10-8-6-4-3-5-7-9-10;1-2;/h4,6-7H,8H2,1-3H3;2-9H2,1H3;1-2H3;. The minimum atomic E-state index is 0.339. The summed E-state index contributed by atoms with van der Waals surface area (Å²) in [6.07, 6.45) is 7.23. The van der Waals surface area contributed by atoms with Gasteiger partial charge < -0.3 is 4.90 Å². The average molecular weight is 532 g/mol. The molecule has 25 heavy (non-hydrogen) atoms. The van der Waals surface area contributed by atoms with Gasteiger partial charge >= 0.3 is 96.4 Å². The summed E-state index contributed by atoms with van der Waals surface area (Å²) in [7, 11) is 2.20. The summed E-state index contributed by atoms with van der Waals surface area (Å²) in [5.74, 6) is 0. The van der Waals surface area contributed by atoms with Gasteiger partial charge in [0.25, 0.3) is 0 Å². The molecular weight excluding hydrogens is 493 g/mol. The van der Waals surface area contributed by atoms with Gasteiger partial charge in [-0.1, -0.05) is 40.0 Å². The molecule has 2 heterocycles. The van der Waals surface area contributed by atoms with E-state index >= 15 is 0 Å². The molecule has 1 aromatic carbocycles. The van der Waals surface area contributed by atoms with Crippen LogP contribution in [0.25, 0.3) is 0 Å². The third-order valence-electron chi connectivity index (χ3n) is 5.23. The monoisotopic (exact) mass is 533 g/mol. The van der Waals surface area contributed by atoms with E-state index in [1.807, 2.05) is 13.8 Å². The molecule has 0 spiro atoms. The number of hydrogen-bond acceptors (Lipinski definition) is 2. The SMILES string of the molecule is CC.CCN1CCCCCCC1.CN1CC(C)(C)c2cc[c]([Hg])cc21. The fourth-order valence-corrected chi connectivity index (χ4v) is 5.07. The van der Waals surface area contributed by atoms with E-state index in [-0.39, 0.29) is 0 Å². The van der Waals surface area contributed by atoms with Crippen molar-refractivity contribution in [3.63, 3.8) is 0 Å². The fraction of sp³-hybridized carbons (Fsp3) is 0.727. The van der Waals surface area contributed by atoms with Crippen molar-refractivity contribution in [1.29, 1.82) is 0 Å². The van der Waals surface area contributed by atoms with Crippen molar-refractivity contribution < 1.29 is 26.1 Å². The Morgan fingerprint density at radius 1 is 1.00 bits per heavy atom. The Bertz CT molecular complexity index is 491. The van der Waals surface area contributed by atoms with Crippen LogP contribution in [0.4, 0.5) is 5.69 Å². The second-order valence-corrected chi connectivity index (χ2v) is 11.0. The maximum absolute atomic E-state index is 2.57. The summed E-state index contributed by atoms with van der Waals surface area (Å²) < 4.78 is 1.54. The number of benzene rings is 1. The molecule has 1 aromatic rings. The topological polar surface area (TPSA) is 6.48 Å². The molecule has 0 N–H and O–H groups in total. The first-order valence-corrected chi connectivity index (χ1v) is 13.1. The van der Waals surface area contributed by atoms with E-state index in [1.54, 1.807) is 3.07 Å². The molecule has 2 aliphatic heterocycles. The van der Waals surface area contributed by atoms with Gasteiger partial charge in [0.2, 0.25) is 0 Å². The quantitative estimate of drug-likeness (QED) is 0.476. The zero-order valence-electron chi connectivity index (χ0n) is 17.7. The van der Waals surface area contributed by atoms with Crippen LogP contribution in [-0.4, -0.2) is 38.1 Å².